The van der Waals surface area contributed by atoms with Gasteiger partial charge in [-0.2, -0.15) is 5.10 Å². The first-order valence-corrected chi connectivity index (χ1v) is 7.60. The predicted molar refractivity (Wildman–Crippen MR) is 90.9 cm³/mol. The minimum absolute atomic E-state index is 0.0236. The molecule has 0 spiro atoms. The molecule has 6 nitrogen and oxygen atoms in total. The molecule has 0 bridgehead atoms. The number of carbonyl (C=O) groups is 1. The Bertz CT molecular complexity index is 798. The van der Waals surface area contributed by atoms with Crippen molar-refractivity contribution in [3.63, 3.8) is 0 Å². The van der Waals surface area contributed by atoms with Gasteiger partial charge in [-0.3, -0.25) is 4.79 Å². The molecule has 3 aromatic rings. The van der Waals surface area contributed by atoms with Crippen LogP contribution in [0.25, 0.3) is 0 Å². The number of aryl methyl sites for hydroxylation is 1. The number of aromatic nitrogens is 3. The second kappa shape index (κ2) is 7.41. The first kappa shape index (κ1) is 15.7. The molecule has 2 aromatic carbocycles. The van der Waals surface area contributed by atoms with Crippen LogP contribution in [0.4, 0.5) is 5.69 Å². The lowest BCUT2D eigenvalue weighted by atomic mass is 10.2. The van der Waals surface area contributed by atoms with E-state index in [9.17, 15) is 4.79 Å². The second-order valence-electron chi connectivity index (χ2n) is 5.44. The number of nitrogens with one attached hydrogen (secondary N) is 1. The zero-order chi connectivity index (χ0) is 16.8. The van der Waals surface area contributed by atoms with Crippen LogP contribution in [0.2, 0.25) is 0 Å². The number of nitrogens with zero attached hydrogens (tertiary/aromatic N) is 3. The highest BCUT2D eigenvalue weighted by atomic mass is 16.5. The highest BCUT2D eigenvalue weighted by Gasteiger charge is 2.04. The summed E-state index contributed by atoms with van der Waals surface area (Å²) in [6.45, 7) is 2.60. The fourth-order valence-electron chi connectivity index (χ4n) is 2.25. The van der Waals surface area contributed by atoms with E-state index < -0.39 is 0 Å². The lowest BCUT2D eigenvalue weighted by Gasteiger charge is -2.09. The monoisotopic (exact) mass is 322 g/mol. The molecule has 0 radical (unpaired) electrons. The number of carbonyl (C=O) groups excluding carboxylic acids is 1. The Morgan fingerprint density at radius 1 is 1.21 bits per heavy atom. The smallest absolute Gasteiger partial charge is 0.262 e. The summed E-state index contributed by atoms with van der Waals surface area (Å²) in [4.78, 5) is 15.9. The number of amides is 1. The number of hydrogen-bond acceptors (Lipinski definition) is 4. The van der Waals surface area contributed by atoms with Crippen molar-refractivity contribution >= 4 is 11.6 Å². The standard InChI is InChI=1S/C18H18N4O2/c1-14-3-2-4-17(9-14)24-11-18(23)21-16-7-5-15(6-8-16)10-22-13-19-12-20-22/h2-9,12-13H,10-11H2,1H3,(H,21,23). The minimum Gasteiger partial charge on any atom is -0.484 e. The predicted octanol–water partition coefficient (Wildman–Crippen LogP) is 2.65. The van der Waals surface area contributed by atoms with Crippen molar-refractivity contribution in [2.75, 3.05) is 11.9 Å². The van der Waals surface area contributed by atoms with Crippen LogP contribution in [0.5, 0.6) is 5.75 Å². The molecule has 0 atom stereocenters. The fourth-order valence-corrected chi connectivity index (χ4v) is 2.25. The molecule has 0 aliphatic heterocycles. The Labute approximate surface area is 140 Å². The van der Waals surface area contributed by atoms with Crippen molar-refractivity contribution in [1.29, 1.82) is 0 Å². The number of hydrogen-bond donors (Lipinski definition) is 1. The van der Waals surface area contributed by atoms with E-state index in [1.54, 1.807) is 11.0 Å². The van der Waals surface area contributed by atoms with Crippen LogP contribution in [0.3, 0.4) is 0 Å². The molecule has 122 valence electrons. The highest BCUT2D eigenvalue weighted by Crippen LogP contribution is 2.13. The number of anilines is 1. The van der Waals surface area contributed by atoms with Gasteiger partial charge in [0.1, 0.15) is 18.4 Å². The van der Waals surface area contributed by atoms with Gasteiger partial charge in [-0.05, 0) is 42.3 Å². The minimum atomic E-state index is -0.194. The van der Waals surface area contributed by atoms with E-state index in [0.717, 1.165) is 16.8 Å². The number of ether oxygens (including phenoxy) is 1. The quantitative estimate of drug-likeness (QED) is 0.757. The molecule has 0 aliphatic carbocycles. The molecule has 0 aliphatic rings. The van der Waals surface area contributed by atoms with Crippen molar-refractivity contribution < 1.29 is 9.53 Å². The summed E-state index contributed by atoms with van der Waals surface area (Å²) in [5, 5.41) is 6.88. The van der Waals surface area contributed by atoms with E-state index in [4.69, 9.17) is 4.74 Å². The van der Waals surface area contributed by atoms with Gasteiger partial charge in [-0.1, -0.05) is 24.3 Å². The molecular weight excluding hydrogens is 304 g/mol. The Kier molecular flexibility index (Phi) is 4.86. The lowest BCUT2D eigenvalue weighted by molar-refractivity contribution is -0.118. The van der Waals surface area contributed by atoms with Gasteiger partial charge in [0.2, 0.25) is 0 Å². The third kappa shape index (κ3) is 4.42. The largest absolute Gasteiger partial charge is 0.484 e. The van der Waals surface area contributed by atoms with E-state index in [0.29, 0.717) is 12.3 Å². The van der Waals surface area contributed by atoms with Gasteiger partial charge in [-0.15, -0.1) is 0 Å². The summed E-state index contributed by atoms with van der Waals surface area (Å²) in [5.41, 5.74) is 2.90. The maximum absolute atomic E-state index is 12.0. The van der Waals surface area contributed by atoms with Crippen LogP contribution in [0, 0.1) is 6.92 Å². The van der Waals surface area contributed by atoms with Crippen LogP contribution < -0.4 is 10.1 Å². The van der Waals surface area contributed by atoms with E-state index in [1.807, 2.05) is 55.5 Å². The van der Waals surface area contributed by atoms with Gasteiger partial charge in [0.05, 0.1) is 6.54 Å². The molecule has 3 rings (SSSR count). The van der Waals surface area contributed by atoms with E-state index in [2.05, 4.69) is 15.4 Å². The van der Waals surface area contributed by atoms with Crippen molar-refractivity contribution in [2.45, 2.75) is 13.5 Å². The van der Waals surface area contributed by atoms with Crippen molar-refractivity contribution in [2.24, 2.45) is 0 Å². The maximum Gasteiger partial charge on any atom is 0.262 e. The summed E-state index contributed by atoms with van der Waals surface area (Å²) >= 11 is 0. The van der Waals surface area contributed by atoms with Gasteiger partial charge in [0, 0.05) is 5.69 Å². The van der Waals surface area contributed by atoms with Gasteiger partial charge >= 0.3 is 0 Å². The summed E-state index contributed by atoms with van der Waals surface area (Å²) in [6.07, 6.45) is 3.17. The first-order chi connectivity index (χ1) is 11.7. The average Bonchev–Trinajstić information content (AvgIpc) is 3.08. The molecule has 0 unspecified atom stereocenters. The van der Waals surface area contributed by atoms with Crippen molar-refractivity contribution in [1.82, 2.24) is 14.8 Å². The van der Waals surface area contributed by atoms with Crippen molar-refractivity contribution in [3.8, 4) is 5.75 Å². The van der Waals surface area contributed by atoms with Crippen LogP contribution in [0.15, 0.2) is 61.2 Å². The summed E-state index contributed by atoms with van der Waals surface area (Å²) in [7, 11) is 0. The first-order valence-electron chi connectivity index (χ1n) is 7.60. The van der Waals surface area contributed by atoms with Gasteiger partial charge in [-0.25, -0.2) is 9.67 Å². The zero-order valence-corrected chi connectivity index (χ0v) is 13.3. The van der Waals surface area contributed by atoms with Crippen LogP contribution >= 0.6 is 0 Å². The third-order valence-corrected chi connectivity index (χ3v) is 3.41. The van der Waals surface area contributed by atoms with Crippen LogP contribution in [-0.4, -0.2) is 27.3 Å². The maximum atomic E-state index is 12.0. The van der Waals surface area contributed by atoms with Crippen LogP contribution in [0.1, 0.15) is 11.1 Å². The molecule has 1 N–H and O–H groups in total. The SMILES string of the molecule is Cc1cccc(OCC(=O)Nc2ccc(Cn3cncn3)cc2)c1. The summed E-state index contributed by atoms with van der Waals surface area (Å²) < 4.78 is 7.22. The molecule has 24 heavy (non-hydrogen) atoms. The highest BCUT2D eigenvalue weighted by molar-refractivity contribution is 5.91. The fraction of sp³-hybridized carbons (Fsp3) is 0.167. The second-order valence-corrected chi connectivity index (χ2v) is 5.44. The summed E-state index contributed by atoms with van der Waals surface area (Å²) in [5.74, 6) is 0.494. The molecule has 1 heterocycles. The van der Waals surface area contributed by atoms with E-state index in [1.165, 1.54) is 6.33 Å². The Balaban J connectivity index is 1.51. The molecule has 0 saturated carbocycles. The topological polar surface area (TPSA) is 69.0 Å². The molecule has 0 fully saturated rings. The van der Waals surface area contributed by atoms with Gasteiger partial charge < -0.3 is 10.1 Å². The Morgan fingerprint density at radius 2 is 2.04 bits per heavy atom. The molecule has 0 saturated heterocycles. The molecule has 6 heteroatoms. The Morgan fingerprint density at radius 3 is 2.75 bits per heavy atom. The molecule has 1 amide bonds. The van der Waals surface area contributed by atoms with Crippen LogP contribution in [-0.2, 0) is 11.3 Å². The number of benzene rings is 2. The van der Waals surface area contributed by atoms with Gasteiger partial charge in [0.15, 0.2) is 6.61 Å². The van der Waals surface area contributed by atoms with Crippen molar-refractivity contribution in [3.05, 3.63) is 72.3 Å². The average molecular weight is 322 g/mol. The summed E-state index contributed by atoms with van der Waals surface area (Å²) in [6, 6.07) is 15.2. The molecular formula is C18H18N4O2. The molecule has 1 aromatic heterocycles. The van der Waals surface area contributed by atoms with E-state index in [-0.39, 0.29) is 12.5 Å². The number of rotatable bonds is 6. The normalized spacial score (nSPS) is 10.4. The lowest BCUT2D eigenvalue weighted by Crippen LogP contribution is -2.20. The van der Waals surface area contributed by atoms with Gasteiger partial charge in [0.25, 0.3) is 5.91 Å². The van der Waals surface area contributed by atoms with E-state index >= 15 is 0 Å². The third-order valence-electron chi connectivity index (χ3n) is 3.41. The zero-order valence-electron chi connectivity index (χ0n) is 13.3. The Hall–Kier alpha value is -3.15.